The summed E-state index contributed by atoms with van der Waals surface area (Å²) < 4.78 is 4.89. The highest BCUT2D eigenvalue weighted by Gasteiger charge is 2.25. The number of piperazine rings is 1. The SMILES string of the molecule is COC(=O)c1ccccc1[C@H]1CN(c2ccc(Cl)cn2)CCN1. The third-order valence-corrected chi connectivity index (χ3v) is 4.18. The maximum absolute atomic E-state index is 12.0. The molecule has 1 aromatic carbocycles. The van der Waals surface area contributed by atoms with E-state index in [2.05, 4.69) is 15.2 Å². The number of pyridine rings is 1. The summed E-state index contributed by atoms with van der Waals surface area (Å²) in [6.45, 7) is 2.39. The Morgan fingerprint density at radius 3 is 2.91 bits per heavy atom. The summed E-state index contributed by atoms with van der Waals surface area (Å²) in [4.78, 5) is 18.5. The summed E-state index contributed by atoms with van der Waals surface area (Å²) in [6, 6.07) is 11.3. The number of halogens is 1. The minimum Gasteiger partial charge on any atom is -0.465 e. The number of carbonyl (C=O) groups is 1. The molecule has 0 amide bonds. The summed E-state index contributed by atoms with van der Waals surface area (Å²) >= 11 is 5.90. The van der Waals surface area contributed by atoms with E-state index < -0.39 is 0 Å². The Kier molecular flexibility index (Phi) is 4.79. The first-order valence-corrected chi connectivity index (χ1v) is 7.84. The van der Waals surface area contributed by atoms with Gasteiger partial charge in [0.1, 0.15) is 5.82 Å². The second kappa shape index (κ2) is 6.98. The largest absolute Gasteiger partial charge is 0.465 e. The summed E-state index contributed by atoms with van der Waals surface area (Å²) in [6.07, 6.45) is 1.65. The van der Waals surface area contributed by atoms with Crippen molar-refractivity contribution in [3.8, 4) is 0 Å². The van der Waals surface area contributed by atoms with Crippen molar-refractivity contribution in [3.05, 3.63) is 58.7 Å². The van der Waals surface area contributed by atoms with Crippen LogP contribution in [0.3, 0.4) is 0 Å². The molecule has 0 saturated carbocycles. The first-order chi connectivity index (χ1) is 11.2. The highest BCUT2D eigenvalue weighted by Crippen LogP contribution is 2.24. The fourth-order valence-electron chi connectivity index (χ4n) is 2.82. The lowest BCUT2D eigenvalue weighted by molar-refractivity contribution is 0.0598. The summed E-state index contributed by atoms with van der Waals surface area (Å²) in [5, 5.41) is 4.08. The Bertz CT molecular complexity index is 690. The fraction of sp³-hybridized carbons (Fsp3) is 0.294. The fourth-order valence-corrected chi connectivity index (χ4v) is 2.93. The predicted octanol–water partition coefficient (Wildman–Crippen LogP) is 2.67. The van der Waals surface area contributed by atoms with Gasteiger partial charge in [-0.15, -0.1) is 0 Å². The maximum atomic E-state index is 12.0. The number of benzene rings is 1. The van der Waals surface area contributed by atoms with Crippen LogP contribution in [0.15, 0.2) is 42.6 Å². The van der Waals surface area contributed by atoms with E-state index >= 15 is 0 Å². The van der Waals surface area contributed by atoms with Gasteiger partial charge in [0, 0.05) is 25.8 Å². The molecule has 2 aromatic rings. The minimum absolute atomic E-state index is 0.0385. The molecular weight excluding hydrogens is 314 g/mol. The molecular formula is C17H18ClN3O2. The molecule has 1 atom stereocenters. The molecule has 23 heavy (non-hydrogen) atoms. The third kappa shape index (κ3) is 3.46. The van der Waals surface area contributed by atoms with Crippen LogP contribution in [-0.4, -0.2) is 37.7 Å². The second-order valence-electron chi connectivity index (χ2n) is 5.37. The quantitative estimate of drug-likeness (QED) is 0.876. The van der Waals surface area contributed by atoms with Gasteiger partial charge in [0.25, 0.3) is 0 Å². The normalized spacial score (nSPS) is 17.8. The van der Waals surface area contributed by atoms with Gasteiger partial charge in [0.05, 0.1) is 23.7 Å². The number of carbonyl (C=O) groups excluding carboxylic acids is 1. The van der Waals surface area contributed by atoms with Gasteiger partial charge in [0.15, 0.2) is 0 Å². The third-order valence-electron chi connectivity index (χ3n) is 3.95. The van der Waals surface area contributed by atoms with E-state index in [0.717, 1.165) is 31.0 Å². The lowest BCUT2D eigenvalue weighted by Crippen LogP contribution is -2.46. The topological polar surface area (TPSA) is 54.5 Å². The summed E-state index contributed by atoms with van der Waals surface area (Å²) in [5.41, 5.74) is 1.54. The Labute approximate surface area is 140 Å². The van der Waals surface area contributed by atoms with Crippen LogP contribution < -0.4 is 10.2 Å². The molecule has 2 heterocycles. The zero-order chi connectivity index (χ0) is 16.2. The molecule has 1 aliphatic rings. The van der Waals surface area contributed by atoms with E-state index in [1.807, 2.05) is 30.3 Å². The van der Waals surface area contributed by atoms with Gasteiger partial charge in [0.2, 0.25) is 0 Å². The zero-order valence-corrected chi connectivity index (χ0v) is 13.6. The molecule has 0 unspecified atom stereocenters. The van der Waals surface area contributed by atoms with Crippen molar-refractivity contribution < 1.29 is 9.53 Å². The molecule has 0 radical (unpaired) electrons. The Morgan fingerprint density at radius 2 is 2.17 bits per heavy atom. The van der Waals surface area contributed by atoms with Gasteiger partial charge in [-0.25, -0.2) is 9.78 Å². The number of hydrogen-bond donors (Lipinski definition) is 1. The lowest BCUT2D eigenvalue weighted by atomic mass is 9.98. The maximum Gasteiger partial charge on any atom is 0.338 e. The van der Waals surface area contributed by atoms with Gasteiger partial charge < -0.3 is 15.0 Å². The number of nitrogens with zero attached hydrogens (tertiary/aromatic N) is 2. The number of aromatic nitrogens is 1. The number of rotatable bonds is 3. The summed E-state index contributed by atoms with van der Waals surface area (Å²) in [7, 11) is 1.40. The van der Waals surface area contributed by atoms with Crippen LogP contribution in [0.5, 0.6) is 0 Å². The van der Waals surface area contributed by atoms with Crippen molar-refractivity contribution in [1.82, 2.24) is 10.3 Å². The van der Waals surface area contributed by atoms with Gasteiger partial charge in [-0.1, -0.05) is 29.8 Å². The van der Waals surface area contributed by atoms with E-state index in [9.17, 15) is 4.79 Å². The van der Waals surface area contributed by atoms with Gasteiger partial charge in [-0.3, -0.25) is 0 Å². The van der Waals surface area contributed by atoms with Crippen LogP contribution in [-0.2, 0) is 4.74 Å². The van der Waals surface area contributed by atoms with E-state index in [1.54, 1.807) is 12.3 Å². The van der Waals surface area contributed by atoms with Crippen LogP contribution in [0.25, 0.3) is 0 Å². The van der Waals surface area contributed by atoms with Crippen LogP contribution in [0.4, 0.5) is 5.82 Å². The van der Waals surface area contributed by atoms with E-state index in [1.165, 1.54) is 7.11 Å². The predicted molar refractivity (Wildman–Crippen MR) is 90.0 cm³/mol. The number of hydrogen-bond acceptors (Lipinski definition) is 5. The zero-order valence-electron chi connectivity index (χ0n) is 12.8. The van der Waals surface area contributed by atoms with Crippen molar-refractivity contribution in [1.29, 1.82) is 0 Å². The van der Waals surface area contributed by atoms with Crippen LogP contribution in [0.2, 0.25) is 5.02 Å². The van der Waals surface area contributed by atoms with Crippen molar-refractivity contribution in [2.75, 3.05) is 31.6 Å². The Morgan fingerprint density at radius 1 is 1.35 bits per heavy atom. The number of anilines is 1. The average molecular weight is 332 g/mol. The Balaban J connectivity index is 1.84. The molecule has 0 bridgehead atoms. The smallest absolute Gasteiger partial charge is 0.338 e. The number of nitrogens with one attached hydrogen (secondary N) is 1. The minimum atomic E-state index is -0.316. The second-order valence-corrected chi connectivity index (χ2v) is 5.80. The molecule has 5 nitrogen and oxygen atoms in total. The van der Waals surface area contributed by atoms with Crippen molar-refractivity contribution in [2.24, 2.45) is 0 Å². The number of ether oxygens (including phenoxy) is 1. The van der Waals surface area contributed by atoms with Crippen LogP contribution >= 0.6 is 11.6 Å². The molecule has 1 N–H and O–H groups in total. The van der Waals surface area contributed by atoms with Crippen molar-refractivity contribution >= 4 is 23.4 Å². The van der Waals surface area contributed by atoms with E-state index in [-0.39, 0.29) is 12.0 Å². The van der Waals surface area contributed by atoms with Crippen LogP contribution in [0, 0.1) is 0 Å². The van der Waals surface area contributed by atoms with Crippen LogP contribution in [0.1, 0.15) is 22.0 Å². The van der Waals surface area contributed by atoms with Gasteiger partial charge >= 0.3 is 5.97 Å². The Hall–Kier alpha value is -2.11. The molecule has 1 fully saturated rings. The van der Waals surface area contributed by atoms with Crippen molar-refractivity contribution in [3.63, 3.8) is 0 Å². The molecule has 1 aromatic heterocycles. The first-order valence-electron chi connectivity index (χ1n) is 7.46. The molecule has 0 spiro atoms. The molecule has 1 aliphatic heterocycles. The molecule has 3 rings (SSSR count). The number of esters is 1. The molecule has 120 valence electrons. The average Bonchev–Trinajstić information content (AvgIpc) is 2.62. The standard InChI is InChI=1S/C17H18ClN3O2/c1-23-17(22)14-5-3-2-4-13(14)15-11-21(9-8-19-15)16-7-6-12(18)10-20-16/h2-7,10,15,19H,8-9,11H2,1H3/t15-/m1/s1. The first kappa shape index (κ1) is 15.8. The van der Waals surface area contributed by atoms with Gasteiger partial charge in [-0.05, 0) is 23.8 Å². The van der Waals surface area contributed by atoms with Gasteiger partial charge in [-0.2, -0.15) is 0 Å². The lowest BCUT2D eigenvalue weighted by Gasteiger charge is -2.35. The highest BCUT2D eigenvalue weighted by molar-refractivity contribution is 6.30. The number of methoxy groups -OCH3 is 1. The molecule has 6 heteroatoms. The summed E-state index contributed by atoms with van der Waals surface area (Å²) in [5.74, 6) is 0.570. The molecule has 1 saturated heterocycles. The highest BCUT2D eigenvalue weighted by atomic mass is 35.5. The van der Waals surface area contributed by atoms with E-state index in [0.29, 0.717) is 10.6 Å². The monoisotopic (exact) mass is 331 g/mol. The van der Waals surface area contributed by atoms with Crippen molar-refractivity contribution in [2.45, 2.75) is 6.04 Å². The van der Waals surface area contributed by atoms with E-state index in [4.69, 9.17) is 16.3 Å². The molecule has 0 aliphatic carbocycles.